The Kier molecular flexibility index (Phi) is 3.19. The van der Waals surface area contributed by atoms with Gasteiger partial charge in [-0.25, -0.2) is 4.98 Å². The summed E-state index contributed by atoms with van der Waals surface area (Å²) >= 11 is 0. The second-order valence-corrected chi connectivity index (χ2v) is 4.83. The average Bonchev–Trinajstić information content (AvgIpc) is 2.31. The number of aromatic nitrogens is 2. The Hall–Kier alpha value is -1.36. The van der Waals surface area contributed by atoms with Crippen molar-refractivity contribution in [2.45, 2.75) is 32.7 Å². The van der Waals surface area contributed by atoms with Crippen molar-refractivity contribution in [3.05, 3.63) is 21.6 Å². The van der Waals surface area contributed by atoms with E-state index in [1.165, 1.54) is 0 Å². The molecule has 2 heterocycles. The van der Waals surface area contributed by atoms with Crippen LogP contribution in [0.4, 0.5) is 5.95 Å². The van der Waals surface area contributed by atoms with Gasteiger partial charge in [-0.15, -0.1) is 0 Å². The Balaban J connectivity index is 2.42. The van der Waals surface area contributed by atoms with Gasteiger partial charge in [-0.1, -0.05) is 0 Å². The summed E-state index contributed by atoms with van der Waals surface area (Å²) in [4.78, 5) is 18.6. The number of nitrogens with two attached hydrogens (primary N) is 1. The normalized spacial score (nSPS) is 20.7. The lowest BCUT2D eigenvalue weighted by atomic mass is 10.1. The molecule has 1 fully saturated rings. The minimum Gasteiger partial charge on any atom is -0.341 e. The van der Waals surface area contributed by atoms with Gasteiger partial charge in [-0.2, -0.15) is 0 Å². The first-order valence-corrected chi connectivity index (χ1v) is 6.05. The lowest BCUT2D eigenvalue weighted by molar-refractivity contribution is 0.492. The highest BCUT2D eigenvalue weighted by Crippen LogP contribution is 2.16. The Morgan fingerprint density at radius 1 is 1.41 bits per heavy atom. The Bertz CT molecular complexity index is 480. The smallest absolute Gasteiger partial charge is 0.257 e. The molecule has 2 N–H and O–H groups in total. The van der Waals surface area contributed by atoms with Gasteiger partial charge in [0.15, 0.2) is 0 Å². The fraction of sp³-hybridized carbons (Fsp3) is 0.667. The summed E-state index contributed by atoms with van der Waals surface area (Å²) < 4.78 is 1.63. The van der Waals surface area contributed by atoms with E-state index in [2.05, 4.69) is 9.88 Å². The van der Waals surface area contributed by atoms with Crippen LogP contribution in [0.2, 0.25) is 0 Å². The van der Waals surface area contributed by atoms with Crippen molar-refractivity contribution in [2.75, 3.05) is 18.0 Å². The van der Waals surface area contributed by atoms with E-state index in [9.17, 15) is 4.79 Å². The van der Waals surface area contributed by atoms with Gasteiger partial charge < -0.3 is 10.6 Å². The number of nitrogens with zero attached hydrogens (tertiary/aromatic N) is 3. The molecule has 17 heavy (non-hydrogen) atoms. The van der Waals surface area contributed by atoms with Gasteiger partial charge in [0.05, 0.1) is 0 Å². The van der Waals surface area contributed by atoms with E-state index in [0.717, 1.165) is 43.1 Å². The Labute approximate surface area is 101 Å². The van der Waals surface area contributed by atoms with Crippen LogP contribution >= 0.6 is 0 Å². The van der Waals surface area contributed by atoms with Crippen LogP contribution in [0.1, 0.15) is 24.1 Å². The van der Waals surface area contributed by atoms with Crippen LogP contribution in [0, 0.1) is 13.8 Å². The van der Waals surface area contributed by atoms with Crippen LogP contribution in [-0.2, 0) is 7.05 Å². The number of rotatable bonds is 1. The monoisotopic (exact) mass is 236 g/mol. The molecule has 0 amide bonds. The highest BCUT2D eigenvalue weighted by atomic mass is 16.1. The van der Waals surface area contributed by atoms with Crippen LogP contribution in [0.5, 0.6) is 0 Å². The maximum Gasteiger partial charge on any atom is 0.257 e. The van der Waals surface area contributed by atoms with E-state index in [0.29, 0.717) is 0 Å². The zero-order valence-electron chi connectivity index (χ0n) is 10.7. The minimum absolute atomic E-state index is 0.0339. The zero-order valence-corrected chi connectivity index (χ0v) is 10.7. The topological polar surface area (TPSA) is 64.2 Å². The number of piperidine rings is 1. The third-order valence-corrected chi connectivity index (χ3v) is 3.48. The van der Waals surface area contributed by atoms with E-state index < -0.39 is 0 Å². The van der Waals surface area contributed by atoms with Gasteiger partial charge >= 0.3 is 0 Å². The maximum atomic E-state index is 12.0. The summed E-state index contributed by atoms with van der Waals surface area (Å²) in [5, 5.41) is 0. The first-order valence-electron chi connectivity index (χ1n) is 6.05. The molecule has 5 nitrogen and oxygen atoms in total. The van der Waals surface area contributed by atoms with Gasteiger partial charge in [0.1, 0.15) is 0 Å². The molecule has 1 saturated heterocycles. The third-order valence-electron chi connectivity index (χ3n) is 3.48. The molecule has 0 spiro atoms. The summed E-state index contributed by atoms with van der Waals surface area (Å²) in [6.07, 6.45) is 2.11. The number of hydrogen-bond acceptors (Lipinski definition) is 4. The maximum absolute atomic E-state index is 12.0. The molecule has 0 aliphatic carbocycles. The van der Waals surface area contributed by atoms with Crippen LogP contribution in [0.3, 0.4) is 0 Å². The van der Waals surface area contributed by atoms with E-state index in [1.807, 2.05) is 13.8 Å². The lowest BCUT2D eigenvalue weighted by Crippen LogP contribution is -2.45. The van der Waals surface area contributed by atoms with Gasteiger partial charge in [0.2, 0.25) is 5.95 Å². The first-order chi connectivity index (χ1) is 8.00. The molecule has 0 aromatic carbocycles. The molecular weight excluding hydrogens is 216 g/mol. The van der Waals surface area contributed by atoms with Gasteiger partial charge in [-0.05, 0) is 26.7 Å². The number of aryl methyl sites for hydroxylation is 1. The van der Waals surface area contributed by atoms with Crippen LogP contribution < -0.4 is 16.2 Å². The molecule has 94 valence electrons. The largest absolute Gasteiger partial charge is 0.341 e. The third kappa shape index (κ3) is 2.20. The summed E-state index contributed by atoms with van der Waals surface area (Å²) in [6, 6.07) is 0.183. The van der Waals surface area contributed by atoms with Crippen LogP contribution in [-0.4, -0.2) is 28.7 Å². The highest BCUT2D eigenvalue weighted by molar-refractivity contribution is 5.35. The molecule has 0 bridgehead atoms. The molecule has 1 aromatic rings. The zero-order chi connectivity index (χ0) is 12.6. The van der Waals surface area contributed by atoms with Crippen LogP contribution in [0.25, 0.3) is 0 Å². The molecule has 0 unspecified atom stereocenters. The van der Waals surface area contributed by atoms with E-state index in [1.54, 1.807) is 11.6 Å². The van der Waals surface area contributed by atoms with E-state index >= 15 is 0 Å². The fourth-order valence-electron chi connectivity index (χ4n) is 2.28. The highest BCUT2D eigenvalue weighted by Gasteiger charge is 2.21. The van der Waals surface area contributed by atoms with Gasteiger partial charge in [0.25, 0.3) is 5.56 Å². The summed E-state index contributed by atoms with van der Waals surface area (Å²) in [5.41, 5.74) is 7.52. The molecular formula is C12H20N4O. The molecule has 1 atom stereocenters. The van der Waals surface area contributed by atoms with Crippen molar-refractivity contribution in [1.82, 2.24) is 9.55 Å². The van der Waals surface area contributed by atoms with Gasteiger partial charge in [-0.3, -0.25) is 9.36 Å². The van der Waals surface area contributed by atoms with Crippen molar-refractivity contribution >= 4 is 5.95 Å². The quantitative estimate of drug-likeness (QED) is 0.763. The van der Waals surface area contributed by atoms with Crippen molar-refractivity contribution in [3.8, 4) is 0 Å². The molecule has 5 heteroatoms. The minimum atomic E-state index is 0.0339. The SMILES string of the molecule is Cc1nc(N2CCC[C@@H](N)C2)n(C)c(=O)c1C. The Morgan fingerprint density at radius 2 is 2.12 bits per heavy atom. The fourth-order valence-corrected chi connectivity index (χ4v) is 2.28. The first kappa shape index (κ1) is 12.1. The predicted octanol–water partition coefficient (Wildman–Crippen LogP) is 0.325. The van der Waals surface area contributed by atoms with Crippen molar-refractivity contribution in [2.24, 2.45) is 12.8 Å². The molecule has 0 saturated carbocycles. The second-order valence-electron chi connectivity index (χ2n) is 4.83. The molecule has 1 aromatic heterocycles. The number of hydrogen-bond donors (Lipinski definition) is 1. The summed E-state index contributed by atoms with van der Waals surface area (Å²) in [7, 11) is 1.78. The second kappa shape index (κ2) is 4.49. The lowest BCUT2D eigenvalue weighted by Gasteiger charge is -2.32. The van der Waals surface area contributed by atoms with E-state index in [-0.39, 0.29) is 11.6 Å². The Morgan fingerprint density at radius 3 is 2.76 bits per heavy atom. The summed E-state index contributed by atoms with van der Waals surface area (Å²) in [6.45, 7) is 5.40. The van der Waals surface area contributed by atoms with Gasteiger partial charge in [0, 0.05) is 37.4 Å². The standard InChI is InChI=1S/C12H20N4O/c1-8-9(2)14-12(15(3)11(8)17)16-6-4-5-10(13)7-16/h10H,4-7,13H2,1-3H3/t10-/m1/s1. The molecule has 1 aliphatic heterocycles. The van der Waals surface area contributed by atoms with Crippen molar-refractivity contribution in [1.29, 1.82) is 0 Å². The number of anilines is 1. The summed E-state index contributed by atoms with van der Waals surface area (Å²) in [5.74, 6) is 0.744. The van der Waals surface area contributed by atoms with Crippen LogP contribution in [0.15, 0.2) is 4.79 Å². The van der Waals surface area contributed by atoms with E-state index in [4.69, 9.17) is 5.73 Å². The van der Waals surface area contributed by atoms with Crippen molar-refractivity contribution in [3.63, 3.8) is 0 Å². The average molecular weight is 236 g/mol. The molecule has 2 rings (SSSR count). The predicted molar refractivity (Wildman–Crippen MR) is 68.4 cm³/mol. The molecule has 0 radical (unpaired) electrons. The molecule has 1 aliphatic rings. The van der Waals surface area contributed by atoms with Crippen molar-refractivity contribution < 1.29 is 0 Å².